The third kappa shape index (κ3) is 5.23. The summed E-state index contributed by atoms with van der Waals surface area (Å²) in [5.74, 6) is 1.92. The van der Waals surface area contributed by atoms with Gasteiger partial charge < -0.3 is 14.6 Å². The number of halogens is 1. The molecule has 5 rings (SSSR count). The number of fused-ring (bicyclic) bond motifs is 1. The number of ether oxygens (including phenoxy) is 2. The number of rotatable bonds is 6. The molecular weight excluding hydrogens is 524 g/mol. The number of hydrogen-bond acceptors (Lipinski definition) is 7. The van der Waals surface area contributed by atoms with E-state index in [1.807, 2.05) is 45.0 Å². The number of phenolic OH excluding ortho intramolecular Hbond substituents is 1. The zero-order chi connectivity index (χ0) is 26.5. The Labute approximate surface area is 235 Å². The second-order valence-electron chi connectivity index (χ2n) is 10.9. The van der Waals surface area contributed by atoms with E-state index >= 15 is 0 Å². The molecule has 1 N–H and O–H groups in total. The lowest BCUT2D eigenvalue weighted by molar-refractivity contribution is -0.125. The zero-order valence-electron chi connectivity index (χ0n) is 22.7. The molecule has 2 aromatic carbocycles. The van der Waals surface area contributed by atoms with Gasteiger partial charge in [0.15, 0.2) is 0 Å². The number of phenols is 1. The van der Waals surface area contributed by atoms with Crippen LogP contribution in [0.3, 0.4) is 0 Å². The summed E-state index contributed by atoms with van der Waals surface area (Å²) in [4.78, 5) is 27.8. The first-order valence-electron chi connectivity index (χ1n) is 13.0. The summed E-state index contributed by atoms with van der Waals surface area (Å²) in [5.41, 5.74) is 4.52. The van der Waals surface area contributed by atoms with Gasteiger partial charge in [-0.25, -0.2) is 0 Å². The monoisotopic (exact) mass is 560 g/mol. The Morgan fingerprint density at radius 2 is 1.84 bits per heavy atom. The van der Waals surface area contributed by atoms with Gasteiger partial charge in [0.1, 0.15) is 34.7 Å². The molecule has 9 heteroatoms. The van der Waals surface area contributed by atoms with E-state index in [0.717, 1.165) is 89.9 Å². The van der Waals surface area contributed by atoms with E-state index in [-0.39, 0.29) is 29.2 Å². The molecule has 2 fully saturated rings. The lowest BCUT2D eigenvalue weighted by Crippen LogP contribution is -2.50. The van der Waals surface area contributed by atoms with Crippen molar-refractivity contribution in [2.45, 2.75) is 70.3 Å². The highest BCUT2D eigenvalue weighted by molar-refractivity contribution is 8.14. The first kappa shape index (κ1) is 28.6. The SMILES string of the molecule is Cc1c(C)c2c(c(C)c1O)CCC(C)(CN1CCC[C@H]1COc1ccc(C3SC(=O)N(C)C3=O)cc1)O2.Cl. The van der Waals surface area contributed by atoms with Crippen molar-refractivity contribution >= 4 is 35.3 Å². The number of thioether (sulfide) groups is 1. The fraction of sp³-hybridized carbons (Fsp3) is 0.517. The smallest absolute Gasteiger partial charge is 0.289 e. The minimum absolute atomic E-state index is 0. The Bertz CT molecular complexity index is 1240. The molecule has 2 unspecified atom stereocenters. The van der Waals surface area contributed by atoms with Gasteiger partial charge in [-0.2, -0.15) is 0 Å². The Balaban J connectivity index is 0.00000336. The number of hydrogen-bond donors (Lipinski definition) is 1. The van der Waals surface area contributed by atoms with Crippen molar-refractivity contribution < 1.29 is 24.2 Å². The van der Waals surface area contributed by atoms with Crippen LogP contribution in [0.15, 0.2) is 24.3 Å². The third-order valence-corrected chi connectivity index (χ3v) is 9.49. The lowest BCUT2D eigenvalue weighted by atomic mass is 9.87. The van der Waals surface area contributed by atoms with Crippen LogP contribution in [0.5, 0.6) is 17.2 Å². The van der Waals surface area contributed by atoms with E-state index in [9.17, 15) is 14.7 Å². The maximum Gasteiger partial charge on any atom is 0.289 e. The van der Waals surface area contributed by atoms with Crippen LogP contribution in [0.1, 0.15) is 59.3 Å². The summed E-state index contributed by atoms with van der Waals surface area (Å²) in [5, 5.41) is 9.80. The van der Waals surface area contributed by atoms with Crippen molar-refractivity contribution in [3.63, 3.8) is 0 Å². The molecule has 3 aliphatic rings. The summed E-state index contributed by atoms with van der Waals surface area (Å²) >= 11 is 1.06. The van der Waals surface area contributed by atoms with Crippen LogP contribution in [-0.2, 0) is 11.2 Å². The Morgan fingerprint density at radius 1 is 1.13 bits per heavy atom. The highest BCUT2D eigenvalue weighted by Crippen LogP contribution is 2.44. The number of likely N-dealkylation sites (tertiary alicyclic amines) is 1. The van der Waals surface area contributed by atoms with Crippen LogP contribution < -0.4 is 9.47 Å². The largest absolute Gasteiger partial charge is 0.507 e. The Kier molecular flexibility index (Phi) is 8.26. The molecule has 0 spiro atoms. The van der Waals surface area contributed by atoms with Crippen LogP contribution >= 0.6 is 24.2 Å². The first-order chi connectivity index (χ1) is 17.6. The van der Waals surface area contributed by atoms with Gasteiger partial charge in [0.25, 0.3) is 5.24 Å². The molecule has 7 nitrogen and oxygen atoms in total. The Morgan fingerprint density at radius 3 is 2.50 bits per heavy atom. The molecule has 2 amide bonds. The number of nitrogens with zero attached hydrogens (tertiary/aromatic N) is 2. The fourth-order valence-corrected chi connectivity index (χ4v) is 6.77. The number of benzene rings is 2. The van der Waals surface area contributed by atoms with Gasteiger partial charge in [0.2, 0.25) is 5.91 Å². The van der Waals surface area contributed by atoms with E-state index < -0.39 is 5.25 Å². The van der Waals surface area contributed by atoms with E-state index in [4.69, 9.17) is 9.47 Å². The number of amides is 2. The van der Waals surface area contributed by atoms with Crippen LogP contribution in [0, 0.1) is 20.8 Å². The summed E-state index contributed by atoms with van der Waals surface area (Å²) in [6, 6.07) is 7.83. The number of carbonyl (C=O) groups excluding carboxylic acids is 2. The van der Waals surface area contributed by atoms with Gasteiger partial charge in [-0.15, -0.1) is 12.4 Å². The molecule has 206 valence electrons. The van der Waals surface area contributed by atoms with E-state index in [2.05, 4.69) is 11.8 Å². The van der Waals surface area contributed by atoms with Gasteiger partial charge in [-0.3, -0.25) is 19.4 Å². The molecule has 3 heterocycles. The maximum absolute atomic E-state index is 12.3. The van der Waals surface area contributed by atoms with Crippen molar-refractivity contribution in [2.75, 3.05) is 26.7 Å². The number of likely N-dealkylation sites (N-methyl/N-ethyl adjacent to an activating group) is 1. The first-order valence-corrected chi connectivity index (χ1v) is 13.9. The fourth-order valence-electron chi connectivity index (χ4n) is 5.77. The van der Waals surface area contributed by atoms with E-state index in [0.29, 0.717) is 18.4 Å². The van der Waals surface area contributed by atoms with E-state index in [1.165, 1.54) is 11.9 Å². The topological polar surface area (TPSA) is 79.3 Å². The molecular formula is C29H37ClN2O5S. The average Bonchev–Trinajstić information content (AvgIpc) is 3.43. The van der Waals surface area contributed by atoms with Crippen molar-refractivity contribution in [1.29, 1.82) is 0 Å². The second kappa shape index (κ2) is 11.0. The number of carbonyl (C=O) groups is 2. The quantitative estimate of drug-likeness (QED) is 0.483. The number of imide groups is 1. The normalized spacial score (nSPS) is 25.2. The zero-order valence-corrected chi connectivity index (χ0v) is 24.3. The Hall–Kier alpha value is -2.42. The van der Waals surface area contributed by atoms with Crippen LogP contribution in [0.4, 0.5) is 4.79 Å². The third-order valence-electron chi connectivity index (χ3n) is 8.30. The van der Waals surface area contributed by atoms with Crippen molar-refractivity contribution in [2.24, 2.45) is 0 Å². The molecule has 0 saturated carbocycles. The maximum atomic E-state index is 12.3. The summed E-state index contributed by atoms with van der Waals surface area (Å²) in [6.07, 6.45) is 4.02. The molecule has 0 bridgehead atoms. The molecule has 3 aliphatic heterocycles. The minimum Gasteiger partial charge on any atom is -0.507 e. The average molecular weight is 561 g/mol. The molecule has 3 atom stereocenters. The molecule has 2 aromatic rings. The molecule has 0 aliphatic carbocycles. The van der Waals surface area contributed by atoms with Crippen LogP contribution in [-0.4, -0.2) is 64.4 Å². The van der Waals surface area contributed by atoms with Gasteiger partial charge >= 0.3 is 0 Å². The summed E-state index contributed by atoms with van der Waals surface area (Å²) < 4.78 is 12.8. The second-order valence-corrected chi connectivity index (χ2v) is 11.9. The van der Waals surface area contributed by atoms with Gasteiger partial charge in [-0.05, 0) is 106 Å². The summed E-state index contributed by atoms with van der Waals surface area (Å²) in [6.45, 7) is 10.6. The van der Waals surface area contributed by atoms with Gasteiger partial charge in [-0.1, -0.05) is 12.1 Å². The minimum atomic E-state index is -0.474. The molecule has 38 heavy (non-hydrogen) atoms. The van der Waals surface area contributed by atoms with Crippen molar-refractivity contribution in [3.8, 4) is 17.2 Å². The predicted octanol–water partition coefficient (Wildman–Crippen LogP) is 5.73. The standard InChI is InChI=1S/C29H36N2O5S.ClH/c1-17-18(2)25-23(19(3)24(17)32)12-13-29(4,36-25)16-31-14-6-7-21(31)15-35-22-10-8-20(9-11-22)26-27(33)30(5)28(34)37-26;/h8-11,21,26,32H,6-7,12-16H2,1-5H3;1H/t21-,26?,29?;/m0./s1. The highest BCUT2D eigenvalue weighted by Gasteiger charge is 2.40. The predicted molar refractivity (Wildman–Crippen MR) is 152 cm³/mol. The van der Waals surface area contributed by atoms with Crippen molar-refractivity contribution in [3.05, 3.63) is 52.1 Å². The van der Waals surface area contributed by atoms with Crippen molar-refractivity contribution in [1.82, 2.24) is 9.80 Å². The lowest BCUT2D eigenvalue weighted by Gasteiger charge is -2.41. The highest BCUT2D eigenvalue weighted by atomic mass is 35.5. The van der Waals surface area contributed by atoms with Crippen LogP contribution in [0.25, 0.3) is 0 Å². The van der Waals surface area contributed by atoms with Gasteiger partial charge in [0, 0.05) is 25.2 Å². The summed E-state index contributed by atoms with van der Waals surface area (Å²) in [7, 11) is 1.52. The molecule has 2 saturated heterocycles. The molecule has 0 aromatic heterocycles. The van der Waals surface area contributed by atoms with E-state index in [1.54, 1.807) is 0 Å². The van der Waals surface area contributed by atoms with Crippen LogP contribution in [0.2, 0.25) is 0 Å². The van der Waals surface area contributed by atoms with Gasteiger partial charge in [0.05, 0.1) is 0 Å². The number of aromatic hydroxyl groups is 1. The molecule has 0 radical (unpaired) electrons.